The van der Waals surface area contributed by atoms with Gasteiger partial charge < -0.3 is 19.9 Å². The predicted molar refractivity (Wildman–Crippen MR) is 133 cm³/mol. The molecule has 2 aromatic rings. The van der Waals surface area contributed by atoms with E-state index in [0.29, 0.717) is 36.2 Å². The zero-order valence-corrected chi connectivity index (χ0v) is 21.0. The number of amides is 2. The van der Waals surface area contributed by atoms with Crippen molar-refractivity contribution in [3.05, 3.63) is 45.6 Å². The standard InChI is InChI=1S/C24H31ClN6O3/c1-14-15(2)18(30-8-10-31(11-9-30)23(33)34-24(3,4)5)7-6-17(14)27-21-20-16(12-19(25)28-21)13-26-29-22(20)32/h6-7,12,26H,8-11,13H2,1-5H3,(H,27,28)(H,29,32). The number of carbonyl (C=O) groups is 2. The Morgan fingerprint density at radius 3 is 2.53 bits per heavy atom. The normalized spacial score (nSPS) is 16.1. The van der Waals surface area contributed by atoms with Crippen LogP contribution in [-0.4, -0.2) is 53.7 Å². The zero-order valence-electron chi connectivity index (χ0n) is 20.2. The first-order valence-electron chi connectivity index (χ1n) is 11.4. The highest BCUT2D eigenvalue weighted by Gasteiger charge is 2.27. The van der Waals surface area contributed by atoms with Gasteiger partial charge in [0.25, 0.3) is 5.91 Å². The van der Waals surface area contributed by atoms with Gasteiger partial charge in [0.2, 0.25) is 0 Å². The van der Waals surface area contributed by atoms with Gasteiger partial charge in [-0.05, 0) is 69.5 Å². The van der Waals surface area contributed by atoms with E-state index in [1.165, 1.54) is 0 Å². The number of hydrazine groups is 1. The second kappa shape index (κ2) is 9.31. The average Bonchev–Trinajstić information content (AvgIpc) is 2.76. The Morgan fingerprint density at radius 1 is 1.15 bits per heavy atom. The number of nitrogens with one attached hydrogen (secondary N) is 3. The fourth-order valence-electron chi connectivity index (χ4n) is 4.20. The van der Waals surface area contributed by atoms with Gasteiger partial charge in [-0.25, -0.2) is 15.2 Å². The first kappa shape index (κ1) is 24.1. The molecule has 1 fully saturated rings. The summed E-state index contributed by atoms with van der Waals surface area (Å²) in [6.07, 6.45) is -0.267. The van der Waals surface area contributed by atoms with E-state index in [-0.39, 0.29) is 12.0 Å². The predicted octanol–water partition coefficient (Wildman–Crippen LogP) is 3.90. The second-order valence-electron chi connectivity index (χ2n) is 9.60. The van der Waals surface area contributed by atoms with Crippen LogP contribution in [0, 0.1) is 13.8 Å². The summed E-state index contributed by atoms with van der Waals surface area (Å²) in [6, 6.07) is 5.75. The highest BCUT2D eigenvalue weighted by Crippen LogP contribution is 2.33. The quantitative estimate of drug-likeness (QED) is 0.566. The van der Waals surface area contributed by atoms with E-state index >= 15 is 0 Å². The number of piperazine rings is 1. The maximum Gasteiger partial charge on any atom is 0.410 e. The second-order valence-corrected chi connectivity index (χ2v) is 9.98. The Kier molecular flexibility index (Phi) is 6.60. The van der Waals surface area contributed by atoms with Gasteiger partial charge in [0.1, 0.15) is 16.6 Å². The summed E-state index contributed by atoms with van der Waals surface area (Å²) in [5.74, 6) is 0.185. The van der Waals surface area contributed by atoms with Gasteiger partial charge in [-0.1, -0.05) is 11.6 Å². The van der Waals surface area contributed by atoms with Crippen molar-refractivity contribution in [3.8, 4) is 0 Å². The van der Waals surface area contributed by atoms with E-state index in [1.807, 2.05) is 33.8 Å². The fraction of sp³-hybridized carbons (Fsp3) is 0.458. The van der Waals surface area contributed by atoms with Crippen molar-refractivity contribution < 1.29 is 14.3 Å². The molecule has 10 heteroatoms. The number of fused-ring (bicyclic) bond motifs is 1. The largest absolute Gasteiger partial charge is 0.444 e. The van der Waals surface area contributed by atoms with Gasteiger partial charge in [0, 0.05) is 44.1 Å². The molecule has 0 saturated carbocycles. The highest BCUT2D eigenvalue weighted by molar-refractivity contribution is 6.29. The highest BCUT2D eigenvalue weighted by atomic mass is 35.5. The topological polar surface area (TPSA) is 98.8 Å². The van der Waals surface area contributed by atoms with Gasteiger partial charge in [0.05, 0.1) is 5.56 Å². The Hall–Kier alpha value is -3.04. The minimum absolute atomic E-state index is 0.248. The molecule has 34 heavy (non-hydrogen) atoms. The Labute approximate surface area is 204 Å². The molecule has 0 unspecified atom stereocenters. The van der Waals surface area contributed by atoms with E-state index < -0.39 is 5.60 Å². The van der Waals surface area contributed by atoms with Crippen LogP contribution in [0.2, 0.25) is 5.15 Å². The summed E-state index contributed by atoms with van der Waals surface area (Å²) in [6.45, 7) is 12.9. The van der Waals surface area contributed by atoms with Crippen LogP contribution < -0.4 is 21.1 Å². The van der Waals surface area contributed by atoms with Crippen LogP contribution in [0.4, 0.5) is 22.0 Å². The van der Waals surface area contributed by atoms with Crippen molar-refractivity contribution in [3.63, 3.8) is 0 Å². The molecule has 3 heterocycles. The van der Waals surface area contributed by atoms with E-state index in [0.717, 1.165) is 41.2 Å². The lowest BCUT2D eigenvalue weighted by molar-refractivity contribution is 0.0240. The average molecular weight is 487 g/mol. The SMILES string of the molecule is Cc1c(Nc2nc(Cl)cc3c2C(=O)NNC3)ccc(N2CCN(C(=O)OC(C)(C)C)CC2)c1C. The summed E-state index contributed by atoms with van der Waals surface area (Å²) >= 11 is 6.21. The van der Waals surface area contributed by atoms with Gasteiger partial charge in [-0.15, -0.1) is 0 Å². The molecule has 0 radical (unpaired) electrons. The maximum atomic E-state index is 12.4. The molecular weight excluding hydrogens is 456 g/mol. The van der Waals surface area contributed by atoms with Crippen molar-refractivity contribution in [1.82, 2.24) is 20.7 Å². The maximum absolute atomic E-state index is 12.4. The molecule has 4 rings (SSSR count). The Balaban J connectivity index is 1.51. The van der Waals surface area contributed by atoms with Crippen molar-refractivity contribution in [2.24, 2.45) is 0 Å². The number of rotatable bonds is 3. The van der Waals surface area contributed by atoms with Crippen LogP contribution in [-0.2, 0) is 11.3 Å². The third-order valence-electron chi connectivity index (χ3n) is 6.06. The van der Waals surface area contributed by atoms with Crippen LogP contribution in [0.3, 0.4) is 0 Å². The van der Waals surface area contributed by atoms with Crippen LogP contribution >= 0.6 is 11.6 Å². The lowest BCUT2D eigenvalue weighted by Crippen LogP contribution is -2.50. The number of carbonyl (C=O) groups excluding carboxylic acids is 2. The molecule has 0 bridgehead atoms. The van der Waals surface area contributed by atoms with Gasteiger partial charge >= 0.3 is 6.09 Å². The van der Waals surface area contributed by atoms with Crippen LogP contribution in [0.5, 0.6) is 0 Å². The molecule has 0 aliphatic carbocycles. The summed E-state index contributed by atoms with van der Waals surface area (Å²) < 4.78 is 5.50. The molecule has 9 nitrogen and oxygen atoms in total. The molecule has 2 aliphatic rings. The monoisotopic (exact) mass is 486 g/mol. The number of pyridine rings is 1. The number of halogens is 1. The van der Waals surface area contributed by atoms with E-state index in [1.54, 1.807) is 11.0 Å². The van der Waals surface area contributed by atoms with E-state index in [9.17, 15) is 9.59 Å². The molecule has 0 spiro atoms. The third-order valence-corrected chi connectivity index (χ3v) is 6.26. The molecule has 2 amide bonds. The van der Waals surface area contributed by atoms with Crippen molar-refractivity contribution in [1.29, 1.82) is 0 Å². The van der Waals surface area contributed by atoms with Crippen molar-refractivity contribution >= 4 is 40.8 Å². The van der Waals surface area contributed by atoms with Crippen LogP contribution in [0.1, 0.15) is 47.8 Å². The molecule has 2 aliphatic heterocycles. The van der Waals surface area contributed by atoms with Gasteiger partial charge in [-0.3, -0.25) is 10.2 Å². The van der Waals surface area contributed by atoms with E-state index in [2.05, 4.69) is 39.0 Å². The van der Waals surface area contributed by atoms with Crippen LogP contribution in [0.15, 0.2) is 18.2 Å². The number of aromatic nitrogens is 1. The first-order chi connectivity index (χ1) is 16.0. The Bertz CT molecular complexity index is 1120. The number of benzene rings is 1. The lowest BCUT2D eigenvalue weighted by Gasteiger charge is -2.37. The number of hydrogen-bond acceptors (Lipinski definition) is 7. The first-order valence-corrected chi connectivity index (χ1v) is 11.7. The van der Waals surface area contributed by atoms with Crippen molar-refractivity contribution in [2.75, 3.05) is 36.4 Å². The molecule has 1 aromatic carbocycles. The molecular formula is C24H31ClN6O3. The summed E-state index contributed by atoms with van der Waals surface area (Å²) in [5, 5.41) is 3.64. The zero-order chi connectivity index (χ0) is 24.6. The minimum atomic E-state index is -0.501. The van der Waals surface area contributed by atoms with Crippen molar-refractivity contribution in [2.45, 2.75) is 46.8 Å². The Morgan fingerprint density at radius 2 is 1.85 bits per heavy atom. The molecule has 1 aromatic heterocycles. The summed E-state index contributed by atoms with van der Waals surface area (Å²) in [4.78, 5) is 33.2. The van der Waals surface area contributed by atoms with Crippen LogP contribution in [0.25, 0.3) is 0 Å². The lowest BCUT2D eigenvalue weighted by atomic mass is 10.0. The number of hydrogen-bond donors (Lipinski definition) is 3. The molecule has 182 valence electrons. The smallest absolute Gasteiger partial charge is 0.410 e. The number of ether oxygens (including phenoxy) is 1. The number of anilines is 3. The van der Waals surface area contributed by atoms with Gasteiger partial charge in [0.15, 0.2) is 0 Å². The molecule has 1 saturated heterocycles. The van der Waals surface area contributed by atoms with Gasteiger partial charge in [-0.2, -0.15) is 0 Å². The van der Waals surface area contributed by atoms with E-state index in [4.69, 9.17) is 16.3 Å². The molecule has 0 atom stereocenters. The minimum Gasteiger partial charge on any atom is -0.444 e. The molecule has 3 N–H and O–H groups in total. The number of nitrogens with zero attached hydrogens (tertiary/aromatic N) is 3. The fourth-order valence-corrected chi connectivity index (χ4v) is 4.41. The third kappa shape index (κ3) is 5.05. The summed E-state index contributed by atoms with van der Waals surface area (Å²) in [7, 11) is 0. The summed E-state index contributed by atoms with van der Waals surface area (Å²) in [5.41, 5.74) is 10.4.